The molecule has 1 fully saturated rings. The van der Waals surface area contributed by atoms with Gasteiger partial charge in [-0.25, -0.2) is 0 Å². The van der Waals surface area contributed by atoms with Crippen LogP contribution in [0.2, 0.25) is 0 Å². The Bertz CT molecular complexity index is 982. The Morgan fingerprint density at radius 3 is 2.48 bits per heavy atom. The fourth-order valence-electron chi connectivity index (χ4n) is 4.41. The number of carbonyl (C=O) groups excluding carboxylic acids is 2. The van der Waals surface area contributed by atoms with E-state index in [-0.39, 0.29) is 11.8 Å². The van der Waals surface area contributed by atoms with Crippen molar-refractivity contribution in [1.82, 2.24) is 9.47 Å². The Morgan fingerprint density at radius 2 is 1.84 bits per heavy atom. The molecule has 31 heavy (non-hydrogen) atoms. The Kier molecular flexibility index (Phi) is 7.21. The summed E-state index contributed by atoms with van der Waals surface area (Å²) in [5.41, 5.74) is 4.45. The van der Waals surface area contributed by atoms with E-state index in [0.29, 0.717) is 23.0 Å². The van der Waals surface area contributed by atoms with Crippen LogP contribution in [-0.4, -0.2) is 42.5 Å². The van der Waals surface area contributed by atoms with Crippen LogP contribution in [0.3, 0.4) is 0 Å². The van der Waals surface area contributed by atoms with Crippen molar-refractivity contribution in [2.75, 3.05) is 26.5 Å². The molecule has 2 amide bonds. The lowest BCUT2D eigenvalue weighted by molar-refractivity contribution is -0.111. The lowest BCUT2D eigenvalue weighted by Crippen LogP contribution is -2.22. The number of hydrogen-bond acceptors (Lipinski definition) is 3. The second-order valence-corrected chi connectivity index (χ2v) is 8.43. The van der Waals surface area contributed by atoms with Crippen LogP contribution in [0, 0.1) is 13.8 Å². The largest absolute Gasteiger partial charge is 0.495 e. The van der Waals surface area contributed by atoms with Crippen molar-refractivity contribution in [2.24, 2.45) is 0 Å². The minimum absolute atomic E-state index is 0.135. The van der Waals surface area contributed by atoms with E-state index in [1.807, 2.05) is 6.08 Å². The quantitative estimate of drug-likeness (QED) is 0.667. The first kappa shape index (κ1) is 22.7. The third-order valence-corrected chi connectivity index (χ3v) is 5.99. The van der Waals surface area contributed by atoms with Crippen LogP contribution in [-0.2, 0) is 4.79 Å². The minimum Gasteiger partial charge on any atom is -0.495 e. The molecule has 0 bridgehead atoms. The van der Waals surface area contributed by atoms with Gasteiger partial charge in [-0.15, -0.1) is 0 Å². The van der Waals surface area contributed by atoms with Gasteiger partial charge in [0.05, 0.1) is 12.8 Å². The van der Waals surface area contributed by atoms with E-state index in [4.69, 9.17) is 4.74 Å². The summed E-state index contributed by atoms with van der Waals surface area (Å²) in [6, 6.07) is 7.72. The summed E-state index contributed by atoms with van der Waals surface area (Å²) in [6.07, 6.45) is 9.74. The third-order valence-electron chi connectivity index (χ3n) is 5.99. The standard InChI is InChI=1S/C25H33N3O3/c1-17-15-19(18(2)28(17)21-9-7-6-8-10-21)12-14-24(29)26-22-16-20(25(30)27(3)4)11-13-23(22)31-5/h11-16,21H,6-10H2,1-5H3,(H,26,29)/b14-12+. The highest BCUT2D eigenvalue weighted by atomic mass is 16.5. The first-order valence-corrected chi connectivity index (χ1v) is 10.9. The molecule has 0 radical (unpaired) electrons. The topological polar surface area (TPSA) is 63.6 Å². The normalized spacial score (nSPS) is 14.6. The summed E-state index contributed by atoms with van der Waals surface area (Å²) in [5.74, 6) is 0.103. The van der Waals surface area contributed by atoms with Crippen LogP contribution >= 0.6 is 0 Å². The van der Waals surface area contributed by atoms with E-state index < -0.39 is 0 Å². The van der Waals surface area contributed by atoms with Gasteiger partial charge >= 0.3 is 0 Å². The first-order chi connectivity index (χ1) is 14.8. The smallest absolute Gasteiger partial charge is 0.253 e. The summed E-state index contributed by atoms with van der Waals surface area (Å²) >= 11 is 0. The number of aryl methyl sites for hydroxylation is 1. The molecule has 1 N–H and O–H groups in total. The van der Waals surface area contributed by atoms with Gasteiger partial charge in [-0.05, 0) is 62.6 Å². The first-order valence-electron chi connectivity index (χ1n) is 10.9. The van der Waals surface area contributed by atoms with E-state index >= 15 is 0 Å². The average molecular weight is 424 g/mol. The van der Waals surface area contributed by atoms with Gasteiger partial charge in [0.15, 0.2) is 0 Å². The molecule has 1 saturated carbocycles. The predicted molar refractivity (Wildman–Crippen MR) is 125 cm³/mol. The number of nitrogens with zero attached hydrogens (tertiary/aromatic N) is 2. The molecule has 0 aliphatic heterocycles. The zero-order valence-corrected chi connectivity index (χ0v) is 19.2. The summed E-state index contributed by atoms with van der Waals surface area (Å²) in [6.45, 7) is 4.26. The number of anilines is 1. The zero-order chi connectivity index (χ0) is 22.5. The molecule has 1 heterocycles. The summed E-state index contributed by atoms with van der Waals surface area (Å²) < 4.78 is 7.77. The van der Waals surface area contributed by atoms with Gasteiger partial charge in [-0.2, -0.15) is 0 Å². The molecular formula is C25H33N3O3. The predicted octanol–water partition coefficient (Wildman–Crippen LogP) is 4.97. The molecule has 0 saturated heterocycles. The molecule has 6 heteroatoms. The summed E-state index contributed by atoms with van der Waals surface area (Å²) in [4.78, 5) is 26.4. The lowest BCUT2D eigenvalue weighted by atomic mass is 9.95. The number of amides is 2. The van der Waals surface area contributed by atoms with Crippen LogP contribution < -0.4 is 10.1 Å². The molecule has 1 aromatic carbocycles. The fraction of sp³-hybridized carbons (Fsp3) is 0.440. The fourth-order valence-corrected chi connectivity index (χ4v) is 4.41. The molecule has 3 rings (SSSR count). The van der Waals surface area contributed by atoms with Crippen LogP contribution in [0.25, 0.3) is 6.08 Å². The van der Waals surface area contributed by atoms with E-state index in [0.717, 1.165) is 5.56 Å². The highest BCUT2D eigenvalue weighted by Crippen LogP contribution is 2.32. The second-order valence-electron chi connectivity index (χ2n) is 8.43. The van der Waals surface area contributed by atoms with Gasteiger partial charge in [0.1, 0.15) is 5.75 Å². The van der Waals surface area contributed by atoms with E-state index in [1.54, 1.807) is 32.3 Å². The molecule has 1 aromatic heterocycles. The van der Waals surface area contributed by atoms with Gasteiger partial charge in [0.25, 0.3) is 5.91 Å². The number of aromatic nitrogens is 1. The number of rotatable bonds is 6. The molecular weight excluding hydrogens is 390 g/mol. The van der Waals surface area contributed by atoms with Crippen molar-refractivity contribution in [1.29, 1.82) is 0 Å². The number of carbonyl (C=O) groups is 2. The Morgan fingerprint density at radius 1 is 1.13 bits per heavy atom. The molecule has 166 valence electrons. The van der Waals surface area contributed by atoms with Crippen molar-refractivity contribution < 1.29 is 14.3 Å². The lowest BCUT2D eigenvalue weighted by Gasteiger charge is -2.26. The van der Waals surface area contributed by atoms with E-state index in [9.17, 15) is 9.59 Å². The molecule has 1 aliphatic carbocycles. The van der Waals surface area contributed by atoms with Gasteiger partial charge < -0.3 is 19.5 Å². The monoisotopic (exact) mass is 423 g/mol. The third kappa shape index (κ3) is 5.19. The maximum Gasteiger partial charge on any atom is 0.253 e. The Balaban J connectivity index is 1.77. The highest BCUT2D eigenvalue weighted by molar-refractivity contribution is 6.04. The van der Waals surface area contributed by atoms with Gasteiger partial charge in [-0.3, -0.25) is 9.59 Å². The molecule has 0 unspecified atom stereocenters. The van der Waals surface area contributed by atoms with Gasteiger partial charge in [-0.1, -0.05) is 19.3 Å². The van der Waals surface area contributed by atoms with Crippen molar-refractivity contribution in [2.45, 2.75) is 52.0 Å². The van der Waals surface area contributed by atoms with Crippen molar-refractivity contribution in [3.05, 3.63) is 52.9 Å². The summed E-state index contributed by atoms with van der Waals surface area (Å²) in [7, 11) is 4.92. The molecule has 1 aliphatic rings. The van der Waals surface area contributed by atoms with Crippen molar-refractivity contribution in [3.8, 4) is 5.75 Å². The molecule has 6 nitrogen and oxygen atoms in total. The van der Waals surface area contributed by atoms with Crippen LogP contribution in [0.15, 0.2) is 30.3 Å². The molecule has 0 spiro atoms. The SMILES string of the molecule is COc1ccc(C(=O)N(C)C)cc1NC(=O)/C=C/c1cc(C)n(C2CCCCC2)c1C. The second kappa shape index (κ2) is 9.86. The number of hydrogen-bond donors (Lipinski definition) is 1. The number of ether oxygens (including phenoxy) is 1. The number of benzene rings is 1. The Hall–Kier alpha value is -3.02. The minimum atomic E-state index is -0.268. The van der Waals surface area contributed by atoms with Crippen molar-refractivity contribution in [3.63, 3.8) is 0 Å². The van der Waals surface area contributed by atoms with E-state index in [2.05, 4.69) is 29.8 Å². The maximum atomic E-state index is 12.6. The van der Waals surface area contributed by atoms with Gasteiger partial charge in [0.2, 0.25) is 5.91 Å². The average Bonchev–Trinajstić information content (AvgIpc) is 3.05. The highest BCUT2D eigenvalue weighted by Gasteiger charge is 2.19. The van der Waals surface area contributed by atoms with Crippen molar-refractivity contribution >= 4 is 23.6 Å². The van der Waals surface area contributed by atoms with Crippen LogP contribution in [0.1, 0.15) is 65.5 Å². The Labute approximate surface area is 184 Å². The van der Waals surface area contributed by atoms with Crippen LogP contribution in [0.5, 0.6) is 5.75 Å². The summed E-state index contributed by atoms with van der Waals surface area (Å²) in [5, 5.41) is 2.84. The number of methoxy groups -OCH3 is 1. The van der Waals surface area contributed by atoms with Gasteiger partial charge in [0, 0.05) is 43.2 Å². The van der Waals surface area contributed by atoms with E-state index in [1.165, 1.54) is 61.6 Å². The molecule has 2 aromatic rings. The molecule has 0 atom stereocenters. The van der Waals surface area contributed by atoms with Crippen LogP contribution in [0.4, 0.5) is 5.69 Å². The maximum absolute atomic E-state index is 12.6. The zero-order valence-electron chi connectivity index (χ0n) is 19.2. The number of nitrogens with one attached hydrogen (secondary N) is 1.